The van der Waals surface area contributed by atoms with E-state index in [4.69, 9.17) is 0 Å². The third-order valence-corrected chi connectivity index (χ3v) is 3.96. The molecule has 0 fully saturated rings. The van der Waals surface area contributed by atoms with Gasteiger partial charge in [0, 0.05) is 12.8 Å². The highest BCUT2D eigenvalue weighted by Crippen LogP contribution is 2.26. The third-order valence-electron chi connectivity index (χ3n) is 3.96. The maximum atomic E-state index is 9.52. The zero-order valence-electron chi connectivity index (χ0n) is 11.2. The van der Waals surface area contributed by atoms with Crippen molar-refractivity contribution in [1.82, 2.24) is 14.8 Å². The lowest BCUT2D eigenvalue weighted by molar-refractivity contribution is 0.203. The summed E-state index contributed by atoms with van der Waals surface area (Å²) in [5.41, 5.74) is 2.55. The Morgan fingerprint density at radius 3 is 2.95 bits per heavy atom. The monoisotopic (exact) mass is 257 g/mol. The second-order valence-electron chi connectivity index (χ2n) is 5.23. The van der Waals surface area contributed by atoms with Gasteiger partial charge in [0.15, 0.2) is 0 Å². The molecule has 1 unspecified atom stereocenters. The Hall–Kier alpha value is -1.68. The van der Waals surface area contributed by atoms with Gasteiger partial charge in [0.2, 0.25) is 0 Å². The summed E-state index contributed by atoms with van der Waals surface area (Å²) in [4.78, 5) is 0. The Bertz CT molecular complexity index is 577. The summed E-state index contributed by atoms with van der Waals surface area (Å²) >= 11 is 0. The number of benzene rings is 1. The maximum Gasteiger partial charge on any atom is 0.137 e. The van der Waals surface area contributed by atoms with Crippen LogP contribution in [0.3, 0.4) is 0 Å². The molecule has 0 saturated carbocycles. The number of hydrogen-bond donors (Lipinski definition) is 1. The second-order valence-corrected chi connectivity index (χ2v) is 5.23. The molecule has 0 radical (unpaired) electrons. The smallest absolute Gasteiger partial charge is 0.137 e. The SMILES string of the molecule is Cc1ccccc1Cc1nnc2n1C(CO)CCC2. The number of aliphatic hydroxyl groups excluding tert-OH is 1. The van der Waals surface area contributed by atoms with Crippen LogP contribution >= 0.6 is 0 Å². The predicted molar refractivity (Wildman–Crippen MR) is 73.1 cm³/mol. The molecule has 0 bridgehead atoms. The van der Waals surface area contributed by atoms with Crippen molar-refractivity contribution in [3.63, 3.8) is 0 Å². The van der Waals surface area contributed by atoms with Gasteiger partial charge in [0.1, 0.15) is 11.6 Å². The number of hydrogen-bond acceptors (Lipinski definition) is 3. The summed E-state index contributed by atoms with van der Waals surface area (Å²) in [7, 11) is 0. The van der Waals surface area contributed by atoms with Crippen LogP contribution in [0.25, 0.3) is 0 Å². The molecule has 1 atom stereocenters. The minimum Gasteiger partial charge on any atom is -0.394 e. The van der Waals surface area contributed by atoms with E-state index in [1.807, 2.05) is 0 Å². The van der Waals surface area contributed by atoms with E-state index in [0.29, 0.717) is 0 Å². The average Bonchev–Trinajstić information content (AvgIpc) is 2.85. The van der Waals surface area contributed by atoms with Gasteiger partial charge in [-0.3, -0.25) is 0 Å². The molecule has 4 heteroatoms. The van der Waals surface area contributed by atoms with Gasteiger partial charge in [-0.25, -0.2) is 0 Å². The first-order chi connectivity index (χ1) is 9.29. The maximum absolute atomic E-state index is 9.52. The highest BCUT2D eigenvalue weighted by atomic mass is 16.3. The number of aliphatic hydroxyl groups is 1. The number of aromatic nitrogens is 3. The first-order valence-electron chi connectivity index (χ1n) is 6.87. The summed E-state index contributed by atoms with van der Waals surface area (Å²) in [6.45, 7) is 2.29. The van der Waals surface area contributed by atoms with E-state index in [-0.39, 0.29) is 12.6 Å². The van der Waals surface area contributed by atoms with E-state index in [1.54, 1.807) is 0 Å². The standard InChI is InChI=1S/C15H19N3O/c1-11-5-2-3-6-12(11)9-15-17-16-14-8-4-7-13(10-19)18(14)15/h2-3,5-6,13,19H,4,7-10H2,1H3. The number of nitrogens with zero attached hydrogens (tertiary/aromatic N) is 3. The van der Waals surface area contributed by atoms with Gasteiger partial charge in [-0.15, -0.1) is 10.2 Å². The second kappa shape index (κ2) is 5.13. The lowest BCUT2D eigenvalue weighted by Crippen LogP contribution is -2.23. The van der Waals surface area contributed by atoms with Gasteiger partial charge < -0.3 is 9.67 Å². The molecule has 19 heavy (non-hydrogen) atoms. The quantitative estimate of drug-likeness (QED) is 0.915. The molecule has 100 valence electrons. The van der Waals surface area contributed by atoms with Crippen molar-refractivity contribution in [3.8, 4) is 0 Å². The molecule has 2 aromatic rings. The topological polar surface area (TPSA) is 50.9 Å². The Balaban J connectivity index is 1.94. The Kier molecular flexibility index (Phi) is 3.34. The zero-order chi connectivity index (χ0) is 13.2. The molecule has 0 amide bonds. The average molecular weight is 257 g/mol. The van der Waals surface area contributed by atoms with Crippen LogP contribution in [-0.2, 0) is 12.8 Å². The minimum absolute atomic E-state index is 0.151. The van der Waals surface area contributed by atoms with Crippen LogP contribution in [0.4, 0.5) is 0 Å². The summed E-state index contributed by atoms with van der Waals surface area (Å²) in [6, 6.07) is 8.51. The molecule has 1 aliphatic heterocycles. The van der Waals surface area contributed by atoms with Crippen LogP contribution < -0.4 is 0 Å². The summed E-state index contributed by atoms with van der Waals surface area (Å²) < 4.78 is 2.15. The van der Waals surface area contributed by atoms with Crippen LogP contribution in [-0.4, -0.2) is 26.5 Å². The summed E-state index contributed by atoms with van der Waals surface area (Å²) in [6.07, 6.45) is 3.86. The molecule has 0 spiro atoms. The lowest BCUT2D eigenvalue weighted by atomic mass is 10.0. The zero-order valence-corrected chi connectivity index (χ0v) is 11.2. The van der Waals surface area contributed by atoms with Gasteiger partial charge in [0.25, 0.3) is 0 Å². The molecular formula is C15H19N3O. The van der Waals surface area contributed by atoms with Crippen molar-refractivity contribution in [3.05, 3.63) is 47.0 Å². The first kappa shape index (κ1) is 12.4. The van der Waals surface area contributed by atoms with E-state index in [2.05, 4.69) is 46.0 Å². The van der Waals surface area contributed by atoms with Crippen molar-refractivity contribution in [2.75, 3.05) is 6.61 Å². The van der Waals surface area contributed by atoms with Crippen molar-refractivity contribution in [2.45, 2.75) is 38.6 Å². The highest BCUT2D eigenvalue weighted by Gasteiger charge is 2.24. The van der Waals surface area contributed by atoms with Gasteiger partial charge in [0.05, 0.1) is 12.6 Å². The lowest BCUT2D eigenvalue weighted by Gasteiger charge is -2.24. The molecule has 1 aliphatic rings. The fraction of sp³-hybridized carbons (Fsp3) is 0.467. The Morgan fingerprint density at radius 2 is 2.16 bits per heavy atom. The van der Waals surface area contributed by atoms with E-state index in [0.717, 1.165) is 37.3 Å². The van der Waals surface area contributed by atoms with E-state index in [9.17, 15) is 5.11 Å². The van der Waals surface area contributed by atoms with Gasteiger partial charge in [-0.05, 0) is 30.9 Å². The number of aryl methyl sites for hydroxylation is 2. The van der Waals surface area contributed by atoms with Crippen molar-refractivity contribution >= 4 is 0 Å². The Labute approximate surface area is 113 Å². The summed E-state index contributed by atoms with van der Waals surface area (Å²) in [5.74, 6) is 2.00. The molecular weight excluding hydrogens is 238 g/mol. The van der Waals surface area contributed by atoms with Gasteiger partial charge in [-0.2, -0.15) is 0 Å². The van der Waals surface area contributed by atoms with Crippen LogP contribution in [0.5, 0.6) is 0 Å². The molecule has 0 saturated heterocycles. The first-order valence-corrected chi connectivity index (χ1v) is 6.87. The van der Waals surface area contributed by atoms with Gasteiger partial charge in [-0.1, -0.05) is 24.3 Å². The predicted octanol–water partition coefficient (Wildman–Crippen LogP) is 2.05. The third kappa shape index (κ3) is 2.28. The number of fused-ring (bicyclic) bond motifs is 1. The molecule has 2 heterocycles. The summed E-state index contributed by atoms with van der Waals surface area (Å²) in [5, 5.41) is 18.1. The number of rotatable bonds is 3. The molecule has 1 aromatic heterocycles. The molecule has 1 aromatic carbocycles. The fourth-order valence-electron chi connectivity index (χ4n) is 2.85. The van der Waals surface area contributed by atoms with Crippen LogP contribution in [0.2, 0.25) is 0 Å². The van der Waals surface area contributed by atoms with Crippen molar-refractivity contribution in [1.29, 1.82) is 0 Å². The normalized spacial score (nSPS) is 18.3. The van der Waals surface area contributed by atoms with Gasteiger partial charge >= 0.3 is 0 Å². The van der Waals surface area contributed by atoms with E-state index < -0.39 is 0 Å². The van der Waals surface area contributed by atoms with Crippen LogP contribution in [0.15, 0.2) is 24.3 Å². The van der Waals surface area contributed by atoms with Crippen LogP contribution in [0.1, 0.15) is 41.7 Å². The highest BCUT2D eigenvalue weighted by molar-refractivity contribution is 5.28. The van der Waals surface area contributed by atoms with Crippen LogP contribution in [0, 0.1) is 6.92 Å². The largest absolute Gasteiger partial charge is 0.394 e. The van der Waals surface area contributed by atoms with Crippen molar-refractivity contribution in [2.24, 2.45) is 0 Å². The molecule has 1 N–H and O–H groups in total. The van der Waals surface area contributed by atoms with E-state index >= 15 is 0 Å². The van der Waals surface area contributed by atoms with Crippen molar-refractivity contribution < 1.29 is 5.11 Å². The van der Waals surface area contributed by atoms with E-state index in [1.165, 1.54) is 11.1 Å². The Morgan fingerprint density at radius 1 is 1.32 bits per heavy atom. The minimum atomic E-state index is 0.151. The molecule has 0 aliphatic carbocycles. The fourth-order valence-corrected chi connectivity index (χ4v) is 2.85. The molecule has 3 rings (SSSR count). The molecule has 4 nitrogen and oxygen atoms in total.